The Morgan fingerprint density at radius 2 is 1.83 bits per heavy atom. The van der Waals surface area contributed by atoms with E-state index in [1.165, 1.54) is 11.1 Å². The van der Waals surface area contributed by atoms with Gasteiger partial charge in [0.15, 0.2) is 0 Å². The molecule has 1 heterocycles. The van der Waals surface area contributed by atoms with Crippen molar-refractivity contribution in [3.05, 3.63) is 64.7 Å². The molecular weight excluding hydrogens is 362 g/mol. The first-order valence-corrected chi connectivity index (χ1v) is 10.3. The van der Waals surface area contributed by atoms with Crippen molar-refractivity contribution in [3.63, 3.8) is 0 Å². The highest BCUT2D eigenvalue weighted by Gasteiger charge is 2.34. The minimum Gasteiger partial charge on any atom is -0.497 e. The Morgan fingerprint density at radius 1 is 1.14 bits per heavy atom. The fourth-order valence-corrected chi connectivity index (χ4v) is 3.85. The quantitative estimate of drug-likeness (QED) is 0.703. The van der Waals surface area contributed by atoms with E-state index in [-0.39, 0.29) is 11.9 Å². The number of nitrogens with zero attached hydrogens (tertiary/aromatic N) is 3. The minimum absolute atomic E-state index is 0.0437. The molecule has 0 saturated heterocycles. The van der Waals surface area contributed by atoms with Gasteiger partial charge in [-0.3, -0.25) is 9.69 Å². The molecule has 1 aliphatic rings. The molecule has 1 amide bonds. The van der Waals surface area contributed by atoms with E-state index < -0.39 is 0 Å². The topological polar surface area (TPSA) is 45.1 Å². The lowest BCUT2D eigenvalue weighted by atomic mass is 9.94. The third-order valence-electron chi connectivity index (χ3n) is 5.63. The van der Waals surface area contributed by atoms with Gasteiger partial charge in [-0.15, -0.1) is 0 Å². The highest BCUT2D eigenvalue weighted by atomic mass is 16.5. The fourth-order valence-electron chi connectivity index (χ4n) is 3.85. The van der Waals surface area contributed by atoms with E-state index in [0.29, 0.717) is 13.0 Å². The van der Waals surface area contributed by atoms with Crippen molar-refractivity contribution in [2.75, 3.05) is 26.7 Å². The van der Waals surface area contributed by atoms with Crippen molar-refractivity contribution in [2.45, 2.75) is 40.2 Å². The smallest absolute Gasteiger partial charge is 0.257 e. The van der Waals surface area contributed by atoms with E-state index in [9.17, 15) is 4.79 Å². The lowest BCUT2D eigenvalue weighted by Crippen LogP contribution is -2.38. The Hall–Kier alpha value is -2.66. The van der Waals surface area contributed by atoms with Gasteiger partial charge in [0.2, 0.25) is 0 Å². The van der Waals surface area contributed by atoms with Crippen LogP contribution >= 0.6 is 0 Å². The molecule has 1 atom stereocenters. The van der Waals surface area contributed by atoms with Crippen LogP contribution in [0.2, 0.25) is 0 Å². The van der Waals surface area contributed by atoms with Crippen molar-refractivity contribution in [3.8, 4) is 5.75 Å². The number of carbonyl (C=O) groups excluding carboxylic acids is 1. The Balaban J connectivity index is 1.94. The molecule has 5 heteroatoms. The van der Waals surface area contributed by atoms with Gasteiger partial charge in [-0.2, -0.15) is 5.10 Å². The highest BCUT2D eigenvalue weighted by molar-refractivity contribution is 6.03. The summed E-state index contributed by atoms with van der Waals surface area (Å²) in [5, 5.41) is 6.49. The van der Waals surface area contributed by atoms with E-state index in [4.69, 9.17) is 9.84 Å². The van der Waals surface area contributed by atoms with Gasteiger partial charge < -0.3 is 4.74 Å². The number of rotatable bonds is 7. The molecule has 154 valence electrons. The largest absolute Gasteiger partial charge is 0.497 e. The Bertz CT molecular complexity index is 885. The number of ether oxygens (including phenoxy) is 1. The van der Waals surface area contributed by atoms with Gasteiger partial charge in [0.05, 0.1) is 25.4 Å². The Kier molecular flexibility index (Phi) is 6.70. The van der Waals surface area contributed by atoms with Gasteiger partial charge in [-0.05, 0) is 67.9 Å². The van der Waals surface area contributed by atoms with Crippen LogP contribution in [-0.4, -0.2) is 48.3 Å². The molecule has 5 nitrogen and oxygen atoms in total. The number of aryl methyl sites for hydroxylation is 2. The monoisotopic (exact) mass is 393 g/mol. The second-order valence-corrected chi connectivity index (χ2v) is 7.55. The van der Waals surface area contributed by atoms with Crippen molar-refractivity contribution < 1.29 is 9.53 Å². The molecule has 0 fully saturated rings. The zero-order valence-corrected chi connectivity index (χ0v) is 18.1. The van der Waals surface area contributed by atoms with E-state index >= 15 is 0 Å². The first-order chi connectivity index (χ1) is 14.0. The molecule has 3 rings (SSSR count). The molecule has 0 saturated carbocycles. The van der Waals surface area contributed by atoms with Crippen LogP contribution in [0.5, 0.6) is 5.75 Å². The second-order valence-electron chi connectivity index (χ2n) is 7.55. The molecular formula is C24H31N3O2. The predicted octanol–water partition coefficient (Wildman–Crippen LogP) is 4.33. The summed E-state index contributed by atoms with van der Waals surface area (Å²) in [6.45, 7) is 10.4. The van der Waals surface area contributed by atoms with Gasteiger partial charge >= 0.3 is 0 Å². The van der Waals surface area contributed by atoms with Gasteiger partial charge in [0, 0.05) is 6.42 Å². The molecule has 0 spiro atoms. The van der Waals surface area contributed by atoms with Crippen LogP contribution in [0.25, 0.3) is 0 Å². The number of hydrogen-bond acceptors (Lipinski definition) is 4. The third-order valence-corrected chi connectivity index (χ3v) is 5.63. The highest BCUT2D eigenvalue weighted by Crippen LogP contribution is 2.35. The standard InChI is InChI=1S/C24H31N3O2/c1-6-26(7-2)16-24(28)27-23(21-13-8-17(3)14-18(21)4)15-22(25-27)19-9-11-20(29-5)12-10-19/h8-14,23H,6-7,15-16H2,1-5H3. The van der Waals surface area contributed by atoms with Crippen molar-refractivity contribution >= 4 is 11.6 Å². The number of methoxy groups -OCH3 is 1. The van der Waals surface area contributed by atoms with Crippen LogP contribution in [0.4, 0.5) is 0 Å². The molecule has 1 aliphatic heterocycles. The van der Waals surface area contributed by atoms with Gasteiger partial charge in [-0.25, -0.2) is 5.01 Å². The van der Waals surface area contributed by atoms with Crippen LogP contribution in [0.3, 0.4) is 0 Å². The normalized spacial score (nSPS) is 16.3. The summed E-state index contributed by atoms with van der Waals surface area (Å²) in [4.78, 5) is 15.3. The van der Waals surface area contributed by atoms with Crippen molar-refractivity contribution in [1.82, 2.24) is 9.91 Å². The van der Waals surface area contributed by atoms with Crippen LogP contribution in [0.1, 0.15) is 48.6 Å². The van der Waals surface area contributed by atoms with Gasteiger partial charge in [-0.1, -0.05) is 37.6 Å². The van der Waals surface area contributed by atoms with E-state index in [1.54, 1.807) is 12.1 Å². The van der Waals surface area contributed by atoms with Crippen LogP contribution in [-0.2, 0) is 4.79 Å². The molecule has 0 aromatic heterocycles. The molecule has 2 aromatic rings. The zero-order chi connectivity index (χ0) is 21.0. The van der Waals surface area contributed by atoms with Crippen LogP contribution < -0.4 is 4.74 Å². The van der Waals surface area contributed by atoms with E-state index in [2.05, 4.69) is 50.8 Å². The number of hydrazone groups is 1. The summed E-state index contributed by atoms with van der Waals surface area (Å²) >= 11 is 0. The van der Waals surface area contributed by atoms with Crippen molar-refractivity contribution in [2.24, 2.45) is 5.10 Å². The molecule has 1 unspecified atom stereocenters. The molecule has 0 bridgehead atoms. The summed E-state index contributed by atoms with van der Waals surface area (Å²) in [6, 6.07) is 14.2. The molecule has 2 aromatic carbocycles. The maximum Gasteiger partial charge on any atom is 0.257 e. The van der Waals surface area contributed by atoms with Crippen molar-refractivity contribution in [1.29, 1.82) is 0 Å². The minimum atomic E-state index is -0.0734. The summed E-state index contributed by atoms with van der Waals surface area (Å²) in [5.41, 5.74) is 5.54. The number of benzene rings is 2. The van der Waals surface area contributed by atoms with E-state index in [1.807, 2.05) is 24.3 Å². The second kappa shape index (κ2) is 9.23. The lowest BCUT2D eigenvalue weighted by Gasteiger charge is -2.26. The number of carbonyl (C=O) groups is 1. The molecule has 0 radical (unpaired) electrons. The first-order valence-electron chi connectivity index (χ1n) is 10.3. The summed E-state index contributed by atoms with van der Waals surface area (Å²) in [6.07, 6.45) is 0.709. The first kappa shape index (κ1) is 21.1. The van der Waals surface area contributed by atoms with Gasteiger partial charge in [0.25, 0.3) is 5.91 Å². The predicted molar refractivity (Wildman–Crippen MR) is 117 cm³/mol. The molecule has 29 heavy (non-hydrogen) atoms. The Morgan fingerprint density at radius 3 is 2.41 bits per heavy atom. The van der Waals surface area contributed by atoms with E-state index in [0.717, 1.165) is 35.7 Å². The number of likely N-dealkylation sites (N-methyl/N-ethyl adjacent to an activating group) is 1. The maximum atomic E-state index is 13.2. The van der Waals surface area contributed by atoms with Crippen LogP contribution in [0, 0.1) is 13.8 Å². The maximum absolute atomic E-state index is 13.2. The summed E-state index contributed by atoms with van der Waals surface area (Å²) < 4.78 is 5.27. The number of amides is 1. The lowest BCUT2D eigenvalue weighted by molar-refractivity contribution is -0.134. The third kappa shape index (κ3) is 4.67. The SMILES string of the molecule is CCN(CC)CC(=O)N1N=C(c2ccc(OC)cc2)CC1c1ccc(C)cc1C. The Labute approximate surface area is 174 Å². The molecule has 0 aliphatic carbocycles. The molecule has 0 N–H and O–H groups in total. The fraction of sp³-hybridized carbons (Fsp3) is 0.417. The average molecular weight is 394 g/mol. The summed E-state index contributed by atoms with van der Waals surface area (Å²) in [7, 11) is 1.66. The number of hydrogen-bond donors (Lipinski definition) is 0. The average Bonchev–Trinajstić information content (AvgIpc) is 3.17. The van der Waals surface area contributed by atoms with Crippen LogP contribution in [0.15, 0.2) is 47.6 Å². The summed E-state index contributed by atoms with van der Waals surface area (Å²) in [5.74, 6) is 0.856. The zero-order valence-electron chi connectivity index (χ0n) is 18.1. The van der Waals surface area contributed by atoms with Gasteiger partial charge in [0.1, 0.15) is 5.75 Å².